The van der Waals surface area contributed by atoms with Crippen LogP contribution in [-0.4, -0.2) is 39.1 Å². The Morgan fingerprint density at radius 2 is 2.19 bits per heavy atom. The lowest BCUT2D eigenvalue weighted by molar-refractivity contribution is 0.0592. The number of carboxylic acid groups (broad SMARTS) is 1. The van der Waals surface area contributed by atoms with Gasteiger partial charge in [0.05, 0.1) is 37.3 Å². The van der Waals surface area contributed by atoms with Crippen LogP contribution in [0.1, 0.15) is 26.5 Å². The molecule has 0 fully saturated rings. The van der Waals surface area contributed by atoms with E-state index in [-0.39, 0.29) is 17.8 Å². The van der Waals surface area contributed by atoms with E-state index in [1.54, 1.807) is 0 Å². The zero-order chi connectivity index (χ0) is 15.2. The Hall–Kier alpha value is -3.03. The summed E-state index contributed by atoms with van der Waals surface area (Å²) >= 11 is 0. The Balaban J connectivity index is 2.08. The zero-order valence-corrected chi connectivity index (χ0v) is 11.1. The number of aromatic carboxylic acids is 1. The quantitative estimate of drug-likeness (QED) is 0.782. The van der Waals surface area contributed by atoms with E-state index in [0.717, 1.165) is 0 Å². The fourth-order valence-electron chi connectivity index (χ4n) is 1.54. The molecule has 0 aromatic carbocycles. The molecule has 0 spiro atoms. The monoisotopic (exact) mass is 288 g/mol. The fraction of sp³-hybridized carbons (Fsp3) is 0.154. The van der Waals surface area contributed by atoms with E-state index in [9.17, 15) is 9.59 Å². The maximum Gasteiger partial charge on any atom is 0.358 e. The minimum atomic E-state index is -1.02. The predicted molar refractivity (Wildman–Crippen MR) is 71.9 cm³/mol. The van der Waals surface area contributed by atoms with E-state index >= 15 is 0 Å². The van der Waals surface area contributed by atoms with E-state index in [0.29, 0.717) is 11.5 Å². The van der Waals surface area contributed by atoms with Crippen LogP contribution in [0.2, 0.25) is 0 Å². The second kappa shape index (κ2) is 6.42. The van der Waals surface area contributed by atoms with Gasteiger partial charge < -0.3 is 15.2 Å². The van der Waals surface area contributed by atoms with Gasteiger partial charge in [0, 0.05) is 6.20 Å². The molecule has 0 bridgehead atoms. The Labute approximate surface area is 119 Å². The molecule has 8 nitrogen and oxygen atoms in total. The SMILES string of the molecule is COC(=O)c1cncc(NCc2cc(C(=O)O)ccn2)n1. The van der Waals surface area contributed by atoms with Gasteiger partial charge in [-0.3, -0.25) is 9.97 Å². The van der Waals surface area contributed by atoms with Crippen LogP contribution in [0.4, 0.5) is 5.82 Å². The van der Waals surface area contributed by atoms with Gasteiger partial charge in [-0.05, 0) is 12.1 Å². The number of aromatic nitrogens is 3. The first kappa shape index (κ1) is 14.4. The highest BCUT2D eigenvalue weighted by molar-refractivity contribution is 5.87. The van der Waals surface area contributed by atoms with Crippen molar-refractivity contribution < 1.29 is 19.4 Å². The number of esters is 1. The molecule has 0 saturated carbocycles. The number of pyridine rings is 1. The average molecular weight is 288 g/mol. The smallest absolute Gasteiger partial charge is 0.358 e. The summed E-state index contributed by atoms with van der Waals surface area (Å²) in [5.74, 6) is -1.25. The first-order chi connectivity index (χ1) is 10.1. The first-order valence-corrected chi connectivity index (χ1v) is 5.92. The molecule has 2 N–H and O–H groups in total. The first-order valence-electron chi connectivity index (χ1n) is 5.92. The second-order valence-electron chi connectivity index (χ2n) is 3.98. The lowest BCUT2D eigenvalue weighted by atomic mass is 10.2. The molecule has 0 radical (unpaired) electrons. The van der Waals surface area contributed by atoms with Gasteiger partial charge in [-0.2, -0.15) is 0 Å². The van der Waals surface area contributed by atoms with Crippen molar-refractivity contribution in [1.29, 1.82) is 0 Å². The van der Waals surface area contributed by atoms with Gasteiger partial charge in [-0.1, -0.05) is 0 Å². The Morgan fingerprint density at radius 3 is 2.90 bits per heavy atom. The van der Waals surface area contributed by atoms with Gasteiger partial charge in [0.1, 0.15) is 5.82 Å². The van der Waals surface area contributed by atoms with Crippen LogP contribution in [0, 0.1) is 0 Å². The van der Waals surface area contributed by atoms with Crippen molar-refractivity contribution in [3.8, 4) is 0 Å². The van der Waals surface area contributed by atoms with Gasteiger partial charge in [0.15, 0.2) is 5.69 Å². The topological polar surface area (TPSA) is 114 Å². The van der Waals surface area contributed by atoms with Gasteiger partial charge >= 0.3 is 11.9 Å². The molecule has 0 aliphatic rings. The summed E-state index contributed by atoms with van der Waals surface area (Å²) in [7, 11) is 1.26. The van der Waals surface area contributed by atoms with Crippen molar-refractivity contribution in [2.75, 3.05) is 12.4 Å². The number of carbonyl (C=O) groups is 2. The molecule has 108 valence electrons. The highest BCUT2D eigenvalue weighted by Gasteiger charge is 2.09. The molecule has 0 aliphatic heterocycles. The second-order valence-corrected chi connectivity index (χ2v) is 3.98. The summed E-state index contributed by atoms with van der Waals surface area (Å²) in [6.07, 6.45) is 4.14. The van der Waals surface area contributed by atoms with Gasteiger partial charge in [-0.15, -0.1) is 0 Å². The maximum atomic E-state index is 11.3. The fourth-order valence-corrected chi connectivity index (χ4v) is 1.54. The van der Waals surface area contributed by atoms with Crippen LogP contribution in [0.5, 0.6) is 0 Å². The number of carboxylic acids is 1. The van der Waals surface area contributed by atoms with Gasteiger partial charge in [0.25, 0.3) is 0 Å². The third kappa shape index (κ3) is 3.72. The number of nitrogens with one attached hydrogen (secondary N) is 1. The molecule has 0 unspecified atom stereocenters. The summed E-state index contributed by atoms with van der Waals surface area (Å²) in [5.41, 5.74) is 0.756. The summed E-state index contributed by atoms with van der Waals surface area (Å²) in [6.45, 7) is 0.250. The predicted octanol–water partition coefficient (Wildman–Crippen LogP) is 0.968. The van der Waals surface area contributed by atoms with Crippen molar-refractivity contribution in [1.82, 2.24) is 15.0 Å². The third-order valence-electron chi connectivity index (χ3n) is 2.54. The number of nitrogens with zero attached hydrogens (tertiary/aromatic N) is 3. The van der Waals surface area contributed by atoms with Crippen LogP contribution in [0.15, 0.2) is 30.7 Å². The number of ether oxygens (including phenoxy) is 1. The number of carbonyl (C=O) groups excluding carboxylic acids is 1. The van der Waals surface area contributed by atoms with E-state index in [2.05, 4.69) is 25.0 Å². The summed E-state index contributed by atoms with van der Waals surface area (Å²) < 4.78 is 4.55. The van der Waals surface area contributed by atoms with Crippen LogP contribution in [-0.2, 0) is 11.3 Å². The van der Waals surface area contributed by atoms with E-state index in [1.165, 1.54) is 37.8 Å². The van der Waals surface area contributed by atoms with Crippen LogP contribution >= 0.6 is 0 Å². The molecular weight excluding hydrogens is 276 g/mol. The van der Waals surface area contributed by atoms with E-state index < -0.39 is 11.9 Å². The molecular formula is C13H12N4O4. The molecule has 2 heterocycles. The Bertz CT molecular complexity index is 675. The lowest BCUT2D eigenvalue weighted by Gasteiger charge is -2.06. The summed E-state index contributed by atoms with van der Waals surface area (Å²) in [4.78, 5) is 34.1. The van der Waals surface area contributed by atoms with Gasteiger partial charge in [0.2, 0.25) is 0 Å². The molecule has 21 heavy (non-hydrogen) atoms. The average Bonchev–Trinajstić information content (AvgIpc) is 2.52. The molecule has 8 heteroatoms. The molecule has 2 aromatic heterocycles. The third-order valence-corrected chi connectivity index (χ3v) is 2.54. The summed E-state index contributed by atoms with van der Waals surface area (Å²) in [5, 5.41) is 11.8. The van der Waals surface area contributed by atoms with Crippen LogP contribution in [0.3, 0.4) is 0 Å². The molecule has 0 amide bonds. The minimum Gasteiger partial charge on any atom is -0.478 e. The van der Waals surface area contributed by atoms with Crippen molar-refractivity contribution in [2.45, 2.75) is 6.54 Å². The maximum absolute atomic E-state index is 11.3. The molecule has 0 saturated heterocycles. The largest absolute Gasteiger partial charge is 0.478 e. The van der Waals surface area contributed by atoms with Crippen molar-refractivity contribution >= 4 is 17.8 Å². The normalized spacial score (nSPS) is 9.95. The van der Waals surface area contributed by atoms with Crippen molar-refractivity contribution in [2.24, 2.45) is 0 Å². The zero-order valence-electron chi connectivity index (χ0n) is 11.1. The Morgan fingerprint density at radius 1 is 1.38 bits per heavy atom. The van der Waals surface area contributed by atoms with E-state index in [1.807, 2.05) is 0 Å². The molecule has 2 rings (SSSR count). The molecule has 0 aliphatic carbocycles. The van der Waals surface area contributed by atoms with Crippen molar-refractivity contribution in [3.05, 3.63) is 47.7 Å². The lowest BCUT2D eigenvalue weighted by Crippen LogP contribution is -2.09. The number of methoxy groups -OCH3 is 1. The number of rotatable bonds is 5. The van der Waals surface area contributed by atoms with Crippen LogP contribution < -0.4 is 5.32 Å². The van der Waals surface area contributed by atoms with E-state index in [4.69, 9.17) is 5.11 Å². The summed E-state index contributed by atoms with van der Waals surface area (Å²) in [6, 6.07) is 2.86. The number of anilines is 1. The highest BCUT2D eigenvalue weighted by Crippen LogP contribution is 2.07. The van der Waals surface area contributed by atoms with Crippen LogP contribution in [0.25, 0.3) is 0 Å². The highest BCUT2D eigenvalue weighted by atomic mass is 16.5. The Kier molecular flexibility index (Phi) is 4.39. The standard InChI is InChI=1S/C13H12N4O4/c1-21-13(20)10-6-14-7-11(17-10)16-5-9-4-8(12(18)19)2-3-15-9/h2-4,6-7H,5H2,1H3,(H,16,17)(H,18,19). The molecule has 2 aromatic rings. The number of hydrogen-bond acceptors (Lipinski definition) is 7. The van der Waals surface area contributed by atoms with Gasteiger partial charge in [-0.25, -0.2) is 14.6 Å². The van der Waals surface area contributed by atoms with Crippen molar-refractivity contribution in [3.63, 3.8) is 0 Å². The number of hydrogen-bond donors (Lipinski definition) is 2. The molecule has 0 atom stereocenters. The minimum absolute atomic E-state index is 0.0785.